The van der Waals surface area contributed by atoms with E-state index < -0.39 is 22.7 Å². The van der Waals surface area contributed by atoms with Crippen LogP contribution >= 0.6 is 11.3 Å². The van der Waals surface area contributed by atoms with Crippen LogP contribution in [0.2, 0.25) is 0 Å². The number of alkyl halides is 2. The molecular formula is C25H26F3N3O3S2. The summed E-state index contributed by atoms with van der Waals surface area (Å²) < 4.78 is 73.8. The molecule has 2 unspecified atom stereocenters. The summed E-state index contributed by atoms with van der Waals surface area (Å²) in [6.07, 6.45) is 3.68. The number of aromatic nitrogens is 1. The highest BCUT2D eigenvalue weighted by Crippen LogP contribution is 2.42. The van der Waals surface area contributed by atoms with E-state index in [-0.39, 0.29) is 41.7 Å². The summed E-state index contributed by atoms with van der Waals surface area (Å²) in [5.74, 6) is -0.183. The Balaban J connectivity index is 1.24. The molecule has 2 bridgehead atoms. The Kier molecular flexibility index (Phi) is 6.22. The molecule has 2 aromatic carbocycles. The number of nitrogens with zero attached hydrogens (tertiary/aromatic N) is 2. The minimum Gasteiger partial charge on any atom is -0.355 e. The lowest BCUT2D eigenvalue weighted by Crippen LogP contribution is -2.48. The minimum absolute atomic E-state index is 0.0550. The lowest BCUT2D eigenvalue weighted by atomic mass is 9.87. The van der Waals surface area contributed by atoms with E-state index in [1.54, 1.807) is 24.3 Å². The molecule has 4 atom stereocenters. The molecule has 2 saturated heterocycles. The number of nitrogens with one attached hydrogen (secondary N) is 1. The van der Waals surface area contributed by atoms with Crippen molar-refractivity contribution in [3.8, 4) is 0 Å². The second-order valence-corrected chi connectivity index (χ2v) is 12.6. The van der Waals surface area contributed by atoms with Crippen LogP contribution in [0.5, 0.6) is 0 Å². The van der Waals surface area contributed by atoms with Gasteiger partial charge >= 0.3 is 6.61 Å². The Morgan fingerprint density at radius 3 is 2.64 bits per heavy atom. The van der Waals surface area contributed by atoms with E-state index in [0.29, 0.717) is 23.5 Å². The molecule has 2 fully saturated rings. The molecule has 6 rings (SSSR count). The number of piperidine rings is 1. The Hall–Kier alpha value is -2.21. The van der Waals surface area contributed by atoms with E-state index in [0.717, 1.165) is 35.1 Å². The van der Waals surface area contributed by atoms with Crippen molar-refractivity contribution in [1.82, 2.24) is 9.29 Å². The first-order chi connectivity index (χ1) is 17.3. The average molecular weight is 538 g/mol. The van der Waals surface area contributed by atoms with E-state index in [4.69, 9.17) is 4.74 Å². The molecule has 3 heterocycles. The molecule has 0 spiro atoms. The van der Waals surface area contributed by atoms with Crippen LogP contribution in [-0.4, -0.2) is 42.5 Å². The molecule has 3 aliphatic rings. The third kappa shape index (κ3) is 4.29. The van der Waals surface area contributed by atoms with Gasteiger partial charge in [-0.05, 0) is 80.3 Å². The smallest absolute Gasteiger partial charge is 0.345 e. The lowest BCUT2D eigenvalue weighted by molar-refractivity contribution is -0.174. The highest BCUT2D eigenvalue weighted by molar-refractivity contribution is 7.89. The van der Waals surface area contributed by atoms with Crippen molar-refractivity contribution in [2.24, 2.45) is 0 Å². The van der Waals surface area contributed by atoms with Crippen molar-refractivity contribution < 1.29 is 26.3 Å². The molecule has 1 aliphatic carbocycles. The molecule has 0 amide bonds. The van der Waals surface area contributed by atoms with E-state index in [2.05, 4.69) is 10.3 Å². The zero-order chi connectivity index (χ0) is 25.0. The molecule has 3 aromatic rings. The van der Waals surface area contributed by atoms with Gasteiger partial charge in [-0.15, -0.1) is 0 Å². The maximum absolute atomic E-state index is 14.3. The molecule has 11 heteroatoms. The standard InChI is InChI=1S/C25H26F3N3O3S2/c26-20-5-1-4-19-18(20)3-2-6-21(19)29-25-30-22-10-9-17(13-23(22)35-25)36(32,33)31-14-7-8-15(31)12-16(11-14)34-24(27)28/h1,4-5,9-10,13-16,21,24H,2-3,6-8,11-12H2,(H,29,30)/t14-,15+,16?,21?. The summed E-state index contributed by atoms with van der Waals surface area (Å²) in [4.78, 5) is 4.82. The molecule has 192 valence electrons. The van der Waals surface area contributed by atoms with Crippen LogP contribution in [0.3, 0.4) is 0 Å². The third-order valence-electron chi connectivity index (χ3n) is 7.60. The van der Waals surface area contributed by atoms with Crippen molar-refractivity contribution in [3.05, 3.63) is 53.3 Å². The van der Waals surface area contributed by atoms with Crippen molar-refractivity contribution >= 4 is 36.7 Å². The number of hydrogen-bond donors (Lipinski definition) is 1. The predicted molar refractivity (Wildman–Crippen MR) is 131 cm³/mol. The van der Waals surface area contributed by atoms with E-state index >= 15 is 0 Å². The maximum Gasteiger partial charge on any atom is 0.345 e. The van der Waals surface area contributed by atoms with Crippen molar-refractivity contribution in [2.45, 2.75) is 80.7 Å². The fourth-order valence-electron chi connectivity index (χ4n) is 6.08. The molecule has 2 aliphatic heterocycles. The van der Waals surface area contributed by atoms with Crippen LogP contribution in [-0.2, 0) is 21.2 Å². The van der Waals surface area contributed by atoms with Gasteiger partial charge in [0.15, 0.2) is 5.13 Å². The highest BCUT2D eigenvalue weighted by atomic mass is 32.2. The molecule has 6 nitrogen and oxygen atoms in total. The van der Waals surface area contributed by atoms with Crippen LogP contribution in [0, 0.1) is 5.82 Å². The van der Waals surface area contributed by atoms with Gasteiger partial charge in [0, 0.05) is 12.1 Å². The van der Waals surface area contributed by atoms with Gasteiger partial charge in [-0.1, -0.05) is 23.5 Å². The first kappa shape index (κ1) is 24.1. The largest absolute Gasteiger partial charge is 0.355 e. The summed E-state index contributed by atoms with van der Waals surface area (Å²) in [5, 5.41) is 4.08. The van der Waals surface area contributed by atoms with Crippen LogP contribution in [0.15, 0.2) is 41.3 Å². The fourth-order valence-corrected chi connectivity index (χ4v) is 9.04. The third-order valence-corrected chi connectivity index (χ3v) is 10.6. The lowest BCUT2D eigenvalue weighted by Gasteiger charge is -2.37. The monoisotopic (exact) mass is 537 g/mol. The summed E-state index contributed by atoms with van der Waals surface area (Å²) in [5.41, 5.74) is 2.37. The number of halogens is 3. The number of benzene rings is 2. The van der Waals surface area contributed by atoms with Crippen molar-refractivity contribution in [1.29, 1.82) is 0 Å². The van der Waals surface area contributed by atoms with Gasteiger partial charge in [0.05, 0.1) is 27.3 Å². The summed E-state index contributed by atoms with van der Waals surface area (Å²) in [6.45, 7) is -2.85. The Labute approximate surface area is 211 Å². The number of thiazole rings is 1. The molecule has 36 heavy (non-hydrogen) atoms. The van der Waals surface area contributed by atoms with Crippen LogP contribution in [0.4, 0.5) is 18.3 Å². The van der Waals surface area contributed by atoms with Gasteiger partial charge in [0.1, 0.15) is 5.82 Å². The Morgan fingerprint density at radius 1 is 1.11 bits per heavy atom. The van der Waals surface area contributed by atoms with Crippen LogP contribution < -0.4 is 5.32 Å². The zero-order valence-corrected chi connectivity index (χ0v) is 21.0. The maximum atomic E-state index is 14.3. The number of hydrogen-bond acceptors (Lipinski definition) is 6. The highest BCUT2D eigenvalue weighted by Gasteiger charge is 2.48. The topological polar surface area (TPSA) is 71.5 Å². The van der Waals surface area contributed by atoms with E-state index in [1.165, 1.54) is 21.7 Å². The number of sulfonamides is 1. The quantitative estimate of drug-likeness (QED) is 0.427. The Bertz CT molecular complexity index is 1380. The molecule has 0 radical (unpaired) electrons. The van der Waals surface area contributed by atoms with Gasteiger partial charge in [0.2, 0.25) is 10.0 Å². The molecule has 0 saturated carbocycles. The second-order valence-electron chi connectivity index (χ2n) is 9.76. The average Bonchev–Trinajstić information content (AvgIpc) is 3.37. The molecular weight excluding hydrogens is 511 g/mol. The predicted octanol–water partition coefficient (Wildman–Crippen LogP) is 5.85. The van der Waals surface area contributed by atoms with Crippen LogP contribution in [0.1, 0.15) is 55.7 Å². The van der Waals surface area contributed by atoms with Gasteiger partial charge in [-0.25, -0.2) is 17.8 Å². The normalized spacial score (nSPS) is 26.4. The zero-order valence-electron chi connectivity index (χ0n) is 19.4. The number of rotatable bonds is 6. The first-order valence-corrected chi connectivity index (χ1v) is 14.5. The minimum atomic E-state index is -3.80. The SMILES string of the molecule is O=S(=O)(c1ccc2nc(NC3CCCc4c(F)cccc43)sc2c1)N1[C@@H]2CC[C@H]1CC(OC(F)F)C2. The molecule has 1 N–H and O–H groups in total. The molecule has 1 aromatic heterocycles. The number of anilines is 1. The fraction of sp³-hybridized carbons (Fsp3) is 0.480. The Morgan fingerprint density at radius 2 is 1.89 bits per heavy atom. The first-order valence-electron chi connectivity index (χ1n) is 12.2. The summed E-state index contributed by atoms with van der Waals surface area (Å²) in [7, 11) is -3.80. The van der Waals surface area contributed by atoms with Gasteiger partial charge in [-0.3, -0.25) is 0 Å². The summed E-state index contributed by atoms with van der Waals surface area (Å²) in [6, 6.07) is 9.33. The van der Waals surface area contributed by atoms with Crippen molar-refractivity contribution in [2.75, 3.05) is 5.32 Å². The van der Waals surface area contributed by atoms with E-state index in [9.17, 15) is 21.6 Å². The number of fused-ring (bicyclic) bond motifs is 4. The van der Waals surface area contributed by atoms with E-state index in [1.807, 2.05) is 6.07 Å². The second kappa shape index (κ2) is 9.27. The van der Waals surface area contributed by atoms with Gasteiger partial charge < -0.3 is 10.1 Å². The summed E-state index contributed by atoms with van der Waals surface area (Å²) >= 11 is 1.37. The van der Waals surface area contributed by atoms with Gasteiger partial charge in [-0.2, -0.15) is 13.1 Å². The van der Waals surface area contributed by atoms with Gasteiger partial charge in [0.25, 0.3) is 0 Å². The van der Waals surface area contributed by atoms with Crippen LogP contribution in [0.25, 0.3) is 10.2 Å². The van der Waals surface area contributed by atoms with Crippen molar-refractivity contribution in [3.63, 3.8) is 0 Å². The number of ether oxygens (including phenoxy) is 1.